The number of alkyl halides is 3. The summed E-state index contributed by atoms with van der Waals surface area (Å²) in [5.41, 5.74) is 0.171. The van der Waals surface area contributed by atoms with E-state index < -0.39 is 23.8 Å². The minimum atomic E-state index is -4.46. The smallest absolute Gasteiger partial charge is 0.417 e. The Bertz CT molecular complexity index is 1010. The van der Waals surface area contributed by atoms with Crippen molar-refractivity contribution < 1.29 is 36.9 Å². The molecule has 1 heterocycles. The molecule has 0 amide bonds. The Morgan fingerprint density at radius 3 is 2.27 bits per heavy atom. The van der Waals surface area contributed by atoms with Gasteiger partial charge in [0.25, 0.3) is 0 Å². The van der Waals surface area contributed by atoms with Crippen molar-refractivity contribution in [3.63, 3.8) is 0 Å². The molecule has 0 aliphatic rings. The third-order valence-corrected chi connectivity index (χ3v) is 4.34. The Balaban J connectivity index is 1.39. The van der Waals surface area contributed by atoms with E-state index in [9.17, 15) is 18.0 Å². The molecule has 0 aliphatic carbocycles. The number of nitrogens with zero attached hydrogens (tertiary/aromatic N) is 1. The number of aromatic nitrogens is 1. The van der Waals surface area contributed by atoms with E-state index in [1.54, 1.807) is 31.2 Å². The number of pyridine rings is 1. The summed E-state index contributed by atoms with van der Waals surface area (Å²) in [7, 11) is 0. The normalized spacial score (nSPS) is 12.1. The Hall–Kier alpha value is -3.59. The molecule has 1 unspecified atom stereocenters. The fourth-order valence-corrected chi connectivity index (χ4v) is 2.65. The molecule has 0 fully saturated rings. The lowest BCUT2D eigenvalue weighted by atomic mass is 10.2. The highest BCUT2D eigenvalue weighted by Crippen LogP contribution is 2.30. The van der Waals surface area contributed by atoms with E-state index >= 15 is 0 Å². The third-order valence-electron chi connectivity index (χ3n) is 4.34. The van der Waals surface area contributed by atoms with Crippen LogP contribution in [0.2, 0.25) is 0 Å². The molecular weight excluding hydrogens is 439 g/mol. The predicted molar refractivity (Wildman–Crippen MR) is 113 cm³/mol. The van der Waals surface area contributed by atoms with Crippen LogP contribution in [0, 0.1) is 0 Å². The van der Waals surface area contributed by atoms with Gasteiger partial charge in [0, 0.05) is 12.3 Å². The van der Waals surface area contributed by atoms with Gasteiger partial charge in [-0.25, -0.2) is 9.78 Å². The molecule has 174 valence electrons. The largest absolute Gasteiger partial charge is 0.479 e. The molecule has 3 aromatic rings. The number of hydrogen-bond acceptors (Lipinski definition) is 6. The zero-order valence-corrected chi connectivity index (χ0v) is 17.7. The van der Waals surface area contributed by atoms with Gasteiger partial charge in [0.1, 0.15) is 18.1 Å². The van der Waals surface area contributed by atoms with Crippen molar-refractivity contribution in [1.82, 2.24) is 4.98 Å². The van der Waals surface area contributed by atoms with E-state index in [4.69, 9.17) is 18.9 Å². The summed E-state index contributed by atoms with van der Waals surface area (Å²) in [6, 6.07) is 17.9. The van der Waals surface area contributed by atoms with Crippen LogP contribution in [0.1, 0.15) is 18.1 Å². The topological polar surface area (TPSA) is 66.9 Å². The molecule has 6 nitrogen and oxygen atoms in total. The average Bonchev–Trinajstić information content (AvgIpc) is 2.80. The first kappa shape index (κ1) is 24.1. The minimum Gasteiger partial charge on any atom is -0.479 e. The summed E-state index contributed by atoms with van der Waals surface area (Å²) in [6.07, 6.45) is -4.60. The van der Waals surface area contributed by atoms with Gasteiger partial charge in [-0.2, -0.15) is 13.2 Å². The maximum absolute atomic E-state index is 12.6. The van der Waals surface area contributed by atoms with Gasteiger partial charge in [-0.15, -0.1) is 0 Å². The van der Waals surface area contributed by atoms with Crippen LogP contribution in [0.5, 0.6) is 17.4 Å². The van der Waals surface area contributed by atoms with E-state index in [-0.39, 0.29) is 19.1 Å². The molecule has 33 heavy (non-hydrogen) atoms. The first-order valence-corrected chi connectivity index (χ1v) is 10.1. The number of halogens is 3. The lowest BCUT2D eigenvalue weighted by molar-refractivity contribution is -0.152. The zero-order chi connectivity index (χ0) is 23.7. The van der Waals surface area contributed by atoms with E-state index in [0.717, 1.165) is 17.7 Å². The fraction of sp³-hybridized carbons (Fsp3) is 0.250. The Morgan fingerprint density at radius 1 is 0.939 bits per heavy atom. The van der Waals surface area contributed by atoms with Crippen molar-refractivity contribution >= 4 is 5.97 Å². The Labute approximate surface area is 188 Å². The molecule has 2 aromatic carbocycles. The van der Waals surface area contributed by atoms with Crippen LogP contribution < -0.4 is 9.47 Å². The van der Waals surface area contributed by atoms with E-state index in [1.807, 2.05) is 30.3 Å². The summed E-state index contributed by atoms with van der Waals surface area (Å²) >= 11 is 0. The summed E-state index contributed by atoms with van der Waals surface area (Å²) in [4.78, 5) is 15.7. The molecule has 1 atom stereocenters. The van der Waals surface area contributed by atoms with Gasteiger partial charge in [0.2, 0.25) is 5.88 Å². The molecule has 3 rings (SSSR count). The summed E-state index contributed by atoms with van der Waals surface area (Å²) in [6.45, 7) is 2.36. The van der Waals surface area contributed by atoms with Gasteiger partial charge in [-0.05, 0) is 42.8 Å². The van der Waals surface area contributed by atoms with Gasteiger partial charge in [0.05, 0.1) is 18.8 Å². The molecule has 0 saturated carbocycles. The second-order valence-corrected chi connectivity index (χ2v) is 6.92. The quantitative estimate of drug-likeness (QED) is 0.297. The highest BCUT2D eigenvalue weighted by atomic mass is 19.4. The molecule has 9 heteroatoms. The van der Waals surface area contributed by atoms with E-state index in [2.05, 4.69) is 4.98 Å². The molecule has 0 radical (unpaired) electrons. The van der Waals surface area contributed by atoms with Crippen molar-refractivity contribution in [2.45, 2.75) is 25.8 Å². The minimum absolute atomic E-state index is 0.0168. The highest BCUT2D eigenvalue weighted by Gasteiger charge is 2.30. The number of ether oxygens (including phenoxy) is 4. The number of benzene rings is 2. The summed E-state index contributed by atoms with van der Waals surface area (Å²) < 4.78 is 59.3. The van der Waals surface area contributed by atoms with Gasteiger partial charge in [-0.3, -0.25) is 0 Å². The summed E-state index contributed by atoms with van der Waals surface area (Å²) in [5.74, 6) is 0.226. The van der Waals surface area contributed by atoms with Crippen LogP contribution >= 0.6 is 0 Å². The van der Waals surface area contributed by atoms with E-state index in [1.165, 1.54) is 0 Å². The van der Waals surface area contributed by atoms with Gasteiger partial charge >= 0.3 is 12.1 Å². The van der Waals surface area contributed by atoms with Crippen molar-refractivity contribution in [1.29, 1.82) is 0 Å². The number of carbonyl (C=O) groups excluding carboxylic acids is 1. The van der Waals surface area contributed by atoms with Crippen molar-refractivity contribution in [3.05, 3.63) is 84.1 Å². The highest BCUT2D eigenvalue weighted by molar-refractivity contribution is 5.74. The average molecular weight is 461 g/mol. The molecule has 0 spiro atoms. The van der Waals surface area contributed by atoms with Crippen LogP contribution in [0.15, 0.2) is 72.9 Å². The maximum atomic E-state index is 12.6. The lowest BCUT2D eigenvalue weighted by Crippen LogP contribution is -2.27. The van der Waals surface area contributed by atoms with Crippen LogP contribution in [-0.2, 0) is 27.1 Å². The van der Waals surface area contributed by atoms with Crippen LogP contribution in [0.4, 0.5) is 13.2 Å². The predicted octanol–water partition coefficient (Wildman–Crippen LogP) is 5.42. The molecule has 0 N–H and O–H groups in total. The zero-order valence-electron chi connectivity index (χ0n) is 17.7. The fourth-order valence-electron chi connectivity index (χ4n) is 2.65. The third kappa shape index (κ3) is 7.80. The number of esters is 1. The first-order chi connectivity index (χ1) is 15.8. The molecule has 0 aliphatic heterocycles. The van der Waals surface area contributed by atoms with Crippen LogP contribution in [-0.4, -0.2) is 30.3 Å². The molecule has 0 bridgehead atoms. The van der Waals surface area contributed by atoms with Gasteiger partial charge < -0.3 is 18.9 Å². The number of hydrogen-bond donors (Lipinski definition) is 0. The second kappa shape index (κ2) is 11.3. The SMILES string of the molecule is CC(Oc1ccc(Oc2ccc(C(F)(F)F)cn2)cc1)C(=O)OCCOCc1ccccc1. The monoisotopic (exact) mass is 461 g/mol. The van der Waals surface area contributed by atoms with Gasteiger partial charge in [0.15, 0.2) is 6.10 Å². The van der Waals surface area contributed by atoms with Crippen LogP contribution in [0.3, 0.4) is 0 Å². The van der Waals surface area contributed by atoms with E-state index in [0.29, 0.717) is 24.3 Å². The van der Waals surface area contributed by atoms with Crippen LogP contribution in [0.25, 0.3) is 0 Å². The van der Waals surface area contributed by atoms with Crippen molar-refractivity contribution in [3.8, 4) is 17.4 Å². The molecule has 0 saturated heterocycles. The molecular formula is C24H22F3NO5. The van der Waals surface area contributed by atoms with Crippen molar-refractivity contribution in [2.75, 3.05) is 13.2 Å². The second-order valence-electron chi connectivity index (χ2n) is 6.92. The maximum Gasteiger partial charge on any atom is 0.417 e. The number of carbonyl (C=O) groups is 1. The Morgan fingerprint density at radius 2 is 1.64 bits per heavy atom. The first-order valence-electron chi connectivity index (χ1n) is 10.1. The molecule has 1 aromatic heterocycles. The van der Waals surface area contributed by atoms with Crippen molar-refractivity contribution in [2.24, 2.45) is 0 Å². The van der Waals surface area contributed by atoms with Gasteiger partial charge in [-0.1, -0.05) is 30.3 Å². The standard InChI is InChI=1S/C24H22F3NO5/c1-17(23(29)31-14-13-30-16-18-5-3-2-4-6-18)32-20-8-10-21(11-9-20)33-22-12-7-19(15-28-22)24(25,26)27/h2-12,15,17H,13-14,16H2,1H3. The lowest BCUT2D eigenvalue weighted by Gasteiger charge is -2.14. The summed E-state index contributed by atoms with van der Waals surface area (Å²) in [5, 5.41) is 0. The Kier molecular flexibility index (Phi) is 8.26. The number of rotatable bonds is 10.